The third-order valence-corrected chi connectivity index (χ3v) is 2.41. The lowest BCUT2D eigenvalue weighted by molar-refractivity contribution is 1.02. The zero-order chi connectivity index (χ0) is 12.4. The first-order chi connectivity index (χ1) is 8.06. The van der Waals surface area contributed by atoms with Gasteiger partial charge < -0.3 is 5.10 Å². The third-order valence-electron chi connectivity index (χ3n) is 2.41. The molecule has 1 aromatic heterocycles. The minimum absolute atomic E-state index is 0.254. The maximum Gasteiger partial charge on any atom is 0.291 e. The predicted octanol–water partition coefficient (Wildman–Crippen LogP) is 3.04. The number of H-pyrrole nitrogens is 2. The molecule has 0 aliphatic rings. The molecule has 5 nitrogen and oxygen atoms in total. The predicted molar refractivity (Wildman–Crippen MR) is 66.2 cm³/mol. The van der Waals surface area contributed by atoms with Crippen LogP contribution in [0.25, 0.3) is 0 Å². The van der Waals surface area contributed by atoms with Crippen LogP contribution in [0.1, 0.15) is 16.8 Å². The van der Waals surface area contributed by atoms with Gasteiger partial charge in [-0.1, -0.05) is 6.07 Å². The molecule has 0 spiro atoms. The van der Waals surface area contributed by atoms with Crippen molar-refractivity contribution in [1.82, 2.24) is 10.2 Å². The highest BCUT2D eigenvalue weighted by Crippen LogP contribution is 2.20. The lowest BCUT2D eigenvalue weighted by Gasteiger charge is -1.98. The summed E-state index contributed by atoms with van der Waals surface area (Å²) in [7, 11) is 0. The first kappa shape index (κ1) is 11.3. The number of hydrogen-bond donors (Lipinski definition) is 2. The molecule has 0 saturated heterocycles. The summed E-state index contributed by atoms with van der Waals surface area (Å²) in [4.78, 5) is 11.4. The Balaban J connectivity index is 2.35. The molecule has 2 aromatic rings. The van der Waals surface area contributed by atoms with Crippen LogP contribution in [0.4, 0.5) is 11.4 Å². The normalized spacial score (nSPS) is 11.2. The van der Waals surface area contributed by atoms with Crippen molar-refractivity contribution in [2.24, 2.45) is 10.2 Å². The smallest absolute Gasteiger partial charge is 0.291 e. The van der Waals surface area contributed by atoms with Crippen LogP contribution < -0.4 is 5.56 Å². The molecule has 1 aromatic carbocycles. The van der Waals surface area contributed by atoms with Gasteiger partial charge >= 0.3 is 0 Å². The molecule has 2 N–H and O–H groups in total. The summed E-state index contributed by atoms with van der Waals surface area (Å²) in [5, 5.41) is 13.2. The van der Waals surface area contributed by atoms with Gasteiger partial charge in [0.15, 0.2) is 5.69 Å². The SMILES string of the molecule is Cc1cc(C)cc(N=Nc2c(C)[nH][nH]c2=O)c1. The summed E-state index contributed by atoms with van der Waals surface area (Å²) in [5.74, 6) is 0. The Bertz CT molecular complexity index is 601. The molecule has 0 fully saturated rings. The average Bonchev–Trinajstić information content (AvgIpc) is 2.55. The monoisotopic (exact) mass is 230 g/mol. The Kier molecular flexibility index (Phi) is 2.91. The maximum absolute atomic E-state index is 11.4. The van der Waals surface area contributed by atoms with Gasteiger partial charge in [-0.25, -0.2) is 0 Å². The molecule has 17 heavy (non-hydrogen) atoms. The van der Waals surface area contributed by atoms with Gasteiger partial charge in [-0.2, -0.15) is 5.11 Å². The van der Waals surface area contributed by atoms with Crippen LogP contribution in [-0.2, 0) is 0 Å². The molecule has 5 heteroatoms. The van der Waals surface area contributed by atoms with Crippen molar-refractivity contribution in [2.75, 3.05) is 0 Å². The number of aromatic amines is 2. The highest BCUT2D eigenvalue weighted by molar-refractivity contribution is 5.44. The topological polar surface area (TPSA) is 73.4 Å². The number of nitrogens with zero attached hydrogens (tertiary/aromatic N) is 2. The molecule has 0 amide bonds. The second-order valence-corrected chi connectivity index (χ2v) is 4.10. The number of benzene rings is 1. The molecule has 0 unspecified atom stereocenters. The molecular weight excluding hydrogens is 216 g/mol. The fraction of sp³-hybridized carbons (Fsp3) is 0.250. The van der Waals surface area contributed by atoms with E-state index in [9.17, 15) is 4.79 Å². The lowest BCUT2D eigenvalue weighted by Crippen LogP contribution is -1.96. The molecule has 2 rings (SSSR count). The highest BCUT2D eigenvalue weighted by Gasteiger charge is 2.03. The van der Waals surface area contributed by atoms with E-state index >= 15 is 0 Å². The number of nitrogens with one attached hydrogen (secondary N) is 2. The van der Waals surface area contributed by atoms with Crippen LogP contribution in [0.2, 0.25) is 0 Å². The number of aryl methyl sites for hydroxylation is 3. The van der Waals surface area contributed by atoms with Gasteiger partial charge in [0.05, 0.1) is 11.4 Å². The Morgan fingerprint density at radius 3 is 2.12 bits per heavy atom. The first-order valence-corrected chi connectivity index (χ1v) is 5.33. The van der Waals surface area contributed by atoms with E-state index in [4.69, 9.17) is 0 Å². The van der Waals surface area contributed by atoms with E-state index < -0.39 is 0 Å². The zero-order valence-corrected chi connectivity index (χ0v) is 10.0. The molecule has 0 aliphatic carbocycles. The molecule has 0 radical (unpaired) electrons. The van der Waals surface area contributed by atoms with E-state index in [0.29, 0.717) is 11.4 Å². The highest BCUT2D eigenvalue weighted by atomic mass is 16.1. The van der Waals surface area contributed by atoms with Crippen LogP contribution in [-0.4, -0.2) is 10.2 Å². The van der Waals surface area contributed by atoms with Crippen LogP contribution in [0.3, 0.4) is 0 Å². The fourth-order valence-corrected chi connectivity index (χ4v) is 1.68. The van der Waals surface area contributed by atoms with Crippen molar-refractivity contribution in [1.29, 1.82) is 0 Å². The second-order valence-electron chi connectivity index (χ2n) is 4.10. The van der Waals surface area contributed by atoms with Gasteiger partial charge in [-0.15, -0.1) is 5.11 Å². The number of rotatable bonds is 2. The van der Waals surface area contributed by atoms with E-state index in [1.54, 1.807) is 6.92 Å². The van der Waals surface area contributed by atoms with Crippen molar-refractivity contribution < 1.29 is 0 Å². The first-order valence-electron chi connectivity index (χ1n) is 5.33. The summed E-state index contributed by atoms with van der Waals surface area (Å²) in [6.07, 6.45) is 0. The second kappa shape index (κ2) is 4.37. The Labute approximate surface area is 98.6 Å². The van der Waals surface area contributed by atoms with Crippen LogP contribution in [0.15, 0.2) is 33.2 Å². The molecular formula is C12H14N4O. The van der Waals surface area contributed by atoms with E-state index in [-0.39, 0.29) is 5.56 Å². The van der Waals surface area contributed by atoms with Crippen LogP contribution >= 0.6 is 0 Å². The molecule has 1 heterocycles. The summed E-state index contributed by atoms with van der Waals surface area (Å²) in [5.41, 5.74) is 3.75. The van der Waals surface area contributed by atoms with Gasteiger partial charge in [0, 0.05) is 0 Å². The van der Waals surface area contributed by atoms with E-state index in [1.807, 2.05) is 26.0 Å². The van der Waals surface area contributed by atoms with Gasteiger partial charge in [0.25, 0.3) is 5.56 Å². The standard InChI is InChI=1S/C12H14N4O/c1-7-4-8(2)6-10(5-7)14-15-11-9(3)13-16-12(11)17/h4-6H,1-3H3,(H2,13,16,17). The summed E-state index contributed by atoms with van der Waals surface area (Å²) in [6.45, 7) is 5.77. The number of azo groups is 1. The molecule has 0 aliphatic heterocycles. The van der Waals surface area contributed by atoms with Gasteiger partial charge in [0.1, 0.15) is 0 Å². The molecule has 0 saturated carbocycles. The van der Waals surface area contributed by atoms with Crippen molar-refractivity contribution in [3.8, 4) is 0 Å². The van der Waals surface area contributed by atoms with Gasteiger partial charge in [0.2, 0.25) is 0 Å². The number of aromatic nitrogens is 2. The van der Waals surface area contributed by atoms with Crippen LogP contribution in [0.5, 0.6) is 0 Å². The largest absolute Gasteiger partial charge is 0.300 e. The zero-order valence-electron chi connectivity index (χ0n) is 10.0. The molecule has 88 valence electrons. The minimum atomic E-state index is -0.254. The Morgan fingerprint density at radius 2 is 1.59 bits per heavy atom. The van der Waals surface area contributed by atoms with Crippen molar-refractivity contribution in [2.45, 2.75) is 20.8 Å². The Morgan fingerprint density at radius 1 is 0.941 bits per heavy atom. The summed E-state index contributed by atoms with van der Waals surface area (Å²) >= 11 is 0. The van der Waals surface area contributed by atoms with E-state index in [2.05, 4.69) is 26.5 Å². The third kappa shape index (κ3) is 2.50. The summed E-state index contributed by atoms with van der Waals surface area (Å²) in [6, 6.07) is 5.91. The van der Waals surface area contributed by atoms with Crippen molar-refractivity contribution >= 4 is 11.4 Å². The Hall–Kier alpha value is -2.17. The maximum atomic E-state index is 11.4. The van der Waals surface area contributed by atoms with Gasteiger partial charge in [-0.3, -0.25) is 9.89 Å². The lowest BCUT2D eigenvalue weighted by atomic mass is 10.1. The van der Waals surface area contributed by atoms with E-state index in [0.717, 1.165) is 16.8 Å². The minimum Gasteiger partial charge on any atom is -0.300 e. The van der Waals surface area contributed by atoms with E-state index in [1.165, 1.54) is 0 Å². The average molecular weight is 230 g/mol. The van der Waals surface area contributed by atoms with Gasteiger partial charge in [-0.05, 0) is 44.0 Å². The van der Waals surface area contributed by atoms with Crippen LogP contribution in [0, 0.1) is 20.8 Å². The van der Waals surface area contributed by atoms with Crippen molar-refractivity contribution in [3.05, 3.63) is 45.4 Å². The summed E-state index contributed by atoms with van der Waals surface area (Å²) < 4.78 is 0. The number of hydrogen-bond acceptors (Lipinski definition) is 3. The fourth-order valence-electron chi connectivity index (χ4n) is 1.68. The van der Waals surface area contributed by atoms with Crippen molar-refractivity contribution in [3.63, 3.8) is 0 Å². The quantitative estimate of drug-likeness (QED) is 0.764. The molecule has 0 bridgehead atoms. The molecule has 0 atom stereocenters.